The maximum atomic E-state index is 12.3. The van der Waals surface area contributed by atoms with Crippen LogP contribution in [0.15, 0.2) is 54.6 Å². The lowest BCUT2D eigenvalue weighted by Crippen LogP contribution is -2.09. The van der Waals surface area contributed by atoms with Crippen molar-refractivity contribution in [2.45, 2.75) is 20.4 Å². The summed E-state index contributed by atoms with van der Waals surface area (Å²) in [6.45, 7) is 3.75. The number of carbonyl (C=O) groups excluding carboxylic acids is 2. The second-order valence-corrected chi connectivity index (χ2v) is 7.45. The first-order valence-electron chi connectivity index (χ1n) is 9.16. The number of benzene rings is 2. The lowest BCUT2D eigenvalue weighted by atomic mass is 10.2. The normalized spacial score (nSPS) is 10.9. The first-order chi connectivity index (χ1) is 14.3. The molecule has 0 atom stereocenters. The summed E-state index contributed by atoms with van der Waals surface area (Å²) in [7, 11) is 0. The summed E-state index contributed by atoms with van der Waals surface area (Å²) in [5.74, 6) is -0.505. The molecule has 0 saturated carbocycles. The molecule has 0 unspecified atom stereocenters. The number of carbonyl (C=O) groups is 2. The highest BCUT2D eigenvalue weighted by Gasteiger charge is 2.12. The van der Waals surface area contributed by atoms with Crippen molar-refractivity contribution in [2.75, 3.05) is 10.6 Å². The Morgan fingerprint density at radius 3 is 2.40 bits per heavy atom. The largest absolute Gasteiger partial charge is 0.326 e. The molecule has 2 N–H and O–H groups in total. The first-order valence-corrected chi connectivity index (χ1v) is 9.91. The monoisotopic (exact) mass is 442 g/mol. The molecular formula is C22H20Cl2N4O2. The standard InChI is InChI=1S/C22H20Cl2N4O2/c1-14-20(22(24)28(27-14)13-16-6-8-17(23)9-7-16)10-11-21(30)26-19-5-3-4-18(12-19)25-15(2)29/h3-12H,13H2,1-2H3,(H,25,29)(H,26,30)/b11-10+. The number of nitrogens with zero attached hydrogens (tertiary/aromatic N) is 2. The maximum Gasteiger partial charge on any atom is 0.248 e. The van der Waals surface area contributed by atoms with E-state index in [0.29, 0.717) is 39.4 Å². The molecule has 3 aromatic rings. The van der Waals surface area contributed by atoms with Crippen LogP contribution in [-0.2, 0) is 16.1 Å². The zero-order valence-corrected chi connectivity index (χ0v) is 18.0. The van der Waals surface area contributed by atoms with Gasteiger partial charge in [0.05, 0.1) is 12.2 Å². The minimum atomic E-state index is -0.323. The molecule has 0 radical (unpaired) electrons. The Bertz CT molecular complexity index is 1100. The summed E-state index contributed by atoms with van der Waals surface area (Å²) in [4.78, 5) is 23.5. The lowest BCUT2D eigenvalue weighted by molar-refractivity contribution is -0.114. The summed E-state index contributed by atoms with van der Waals surface area (Å²) in [5.41, 5.74) is 3.57. The van der Waals surface area contributed by atoms with Gasteiger partial charge in [-0.05, 0) is 48.9 Å². The van der Waals surface area contributed by atoms with Gasteiger partial charge in [0.2, 0.25) is 11.8 Å². The van der Waals surface area contributed by atoms with E-state index >= 15 is 0 Å². The summed E-state index contributed by atoms with van der Waals surface area (Å²) < 4.78 is 1.68. The van der Waals surface area contributed by atoms with Gasteiger partial charge in [-0.15, -0.1) is 0 Å². The maximum absolute atomic E-state index is 12.3. The fourth-order valence-electron chi connectivity index (χ4n) is 2.84. The van der Waals surface area contributed by atoms with E-state index in [0.717, 1.165) is 5.56 Å². The van der Waals surface area contributed by atoms with Crippen LogP contribution in [0.4, 0.5) is 11.4 Å². The summed E-state index contributed by atoms with van der Waals surface area (Å²) in [5, 5.41) is 11.0. The van der Waals surface area contributed by atoms with Crippen molar-refractivity contribution in [2.24, 2.45) is 0 Å². The Hall–Kier alpha value is -3.09. The molecule has 3 rings (SSSR count). The van der Waals surface area contributed by atoms with Crippen LogP contribution in [-0.4, -0.2) is 21.6 Å². The molecule has 0 spiro atoms. The molecule has 1 aromatic heterocycles. The van der Waals surface area contributed by atoms with Crippen LogP contribution in [0, 0.1) is 6.92 Å². The Morgan fingerprint density at radius 2 is 1.73 bits per heavy atom. The number of nitrogens with one attached hydrogen (secondary N) is 2. The number of hydrogen-bond donors (Lipinski definition) is 2. The molecule has 0 aliphatic carbocycles. The van der Waals surface area contributed by atoms with Crippen LogP contribution in [0.3, 0.4) is 0 Å². The summed E-state index contributed by atoms with van der Waals surface area (Å²) in [6.07, 6.45) is 3.03. The van der Waals surface area contributed by atoms with Gasteiger partial charge in [-0.3, -0.25) is 9.59 Å². The van der Waals surface area contributed by atoms with Gasteiger partial charge in [-0.25, -0.2) is 4.68 Å². The molecule has 2 aromatic carbocycles. The Labute approximate surface area is 184 Å². The highest BCUT2D eigenvalue weighted by molar-refractivity contribution is 6.31. The van der Waals surface area contributed by atoms with Crippen molar-refractivity contribution in [3.63, 3.8) is 0 Å². The van der Waals surface area contributed by atoms with Gasteiger partial charge in [0, 0.05) is 35.0 Å². The number of rotatable bonds is 6. The zero-order valence-electron chi connectivity index (χ0n) is 16.4. The Kier molecular flexibility index (Phi) is 6.92. The molecule has 0 saturated heterocycles. The first kappa shape index (κ1) is 21.6. The van der Waals surface area contributed by atoms with E-state index in [9.17, 15) is 9.59 Å². The average Bonchev–Trinajstić information content (AvgIpc) is 2.94. The fourth-order valence-corrected chi connectivity index (χ4v) is 3.27. The minimum Gasteiger partial charge on any atom is -0.326 e. The van der Waals surface area contributed by atoms with Crippen molar-refractivity contribution >= 4 is 52.5 Å². The third-order valence-electron chi connectivity index (χ3n) is 4.21. The number of anilines is 2. The summed E-state index contributed by atoms with van der Waals surface area (Å²) >= 11 is 12.4. The highest BCUT2D eigenvalue weighted by atomic mass is 35.5. The molecule has 1 heterocycles. The van der Waals surface area contributed by atoms with E-state index in [4.69, 9.17) is 23.2 Å². The number of aromatic nitrogens is 2. The quantitative estimate of drug-likeness (QED) is 0.517. The molecule has 154 valence electrons. The van der Waals surface area contributed by atoms with E-state index in [-0.39, 0.29) is 11.8 Å². The predicted molar refractivity (Wildman–Crippen MR) is 121 cm³/mol. The molecule has 0 aliphatic heterocycles. The second kappa shape index (κ2) is 9.61. The van der Waals surface area contributed by atoms with Gasteiger partial charge in [-0.2, -0.15) is 5.10 Å². The van der Waals surface area contributed by atoms with E-state index in [1.165, 1.54) is 13.0 Å². The molecule has 0 bridgehead atoms. The van der Waals surface area contributed by atoms with Crippen molar-refractivity contribution in [3.8, 4) is 0 Å². The van der Waals surface area contributed by atoms with E-state index in [1.807, 2.05) is 31.2 Å². The molecular weight excluding hydrogens is 423 g/mol. The van der Waals surface area contributed by atoms with Crippen molar-refractivity contribution in [1.82, 2.24) is 9.78 Å². The van der Waals surface area contributed by atoms with Crippen LogP contribution in [0.2, 0.25) is 10.2 Å². The molecule has 30 heavy (non-hydrogen) atoms. The highest BCUT2D eigenvalue weighted by Crippen LogP contribution is 2.23. The van der Waals surface area contributed by atoms with Gasteiger partial charge >= 0.3 is 0 Å². The number of amides is 2. The van der Waals surface area contributed by atoms with E-state index in [2.05, 4.69) is 15.7 Å². The Balaban J connectivity index is 1.69. The van der Waals surface area contributed by atoms with Gasteiger partial charge in [0.15, 0.2) is 0 Å². The predicted octanol–water partition coefficient (Wildman–Crippen LogP) is 5.16. The van der Waals surface area contributed by atoms with Gasteiger partial charge in [0.1, 0.15) is 5.15 Å². The van der Waals surface area contributed by atoms with Crippen LogP contribution < -0.4 is 10.6 Å². The Morgan fingerprint density at radius 1 is 1.07 bits per heavy atom. The van der Waals surface area contributed by atoms with E-state index in [1.54, 1.807) is 35.0 Å². The van der Waals surface area contributed by atoms with Crippen LogP contribution in [0.25, 0.3) is 6.08 Å². The number of halogens is 2. The molecule has 8 heteroatoms. The zero-order chi connectivity index (χ0) is 21.7. The molecule has 0 aliphatic rings. The average molecular weight is 443 g/mol. The lowest BCUT2D eigenvalue weighted by Gasteiger charge is -2.06. The second-order valence-electron chi connectivity index (χ2n) is 6.66. The smallest absolute Gasteiger partial charge is 0.248 e. The molecule has 2 amide bonds. The van der Waals surface area contributed by atoms with Crippen molar-refractivity contribution < 1.29 is 9.59 Å². The van der Waals surface area contributed by atoms with Crippen molar-refractivity contribution in [3.05, 3.63) is 81.6 Å². The van der Waals surface area contributed by atoms with Crippen LogP contribution in [0.5, 0.6) is 0 Å². The third kappa shape index (κ3) is 5.72. The topological polar surface area (TPSA) is 76.0 Å². The summed E-state index contributed by atoms with van der Waals surface area (Å²) in [6, 6.07) is 14.3. The van der Waals surface area contributed by atoms with Crippen molar-refractivity contribution in [1.29, 1.82) is 0 Å². The van der Waals surface area contributed by atoms with E-state index < -0.39 is 0 Å². The molecule has 0 fully saturated rings. The van der Waals surface area contributed by atoms with Crippen LogP contribution >= 0.6 is 23.2 Å². The van der Waals surface area contributed by atoms with Gasteiger partial charge in [0.25, 0.3) is 0 Å². The SMILES string of the molecule is CC(=O)Nc1cccc(NC(=O)/C=C/c2c(C)nn(Cc3ccc(Cl)cc3)c2Cl)c1. The molecule has 6 nitrogen and oxygen atoms in total. The third-order valence-corrected chi connectivity index (χ3v) is 4.86. The van der Waals surface area contributed by atoms with Gasteiger partial charge < -0.3 is 10.6 Å². The van der Waals surface area contributed by atoms with Crippen LogP contribution in [0.1, 0.15) is 23.7 Å². The van der Waals surface area contributed by atoms with Gasteiger partial charge in [-0.1, -0.05) is 41.4 Å². The number of hydrogen-bond acceptors (Lipinski definition) is 3. The fraction of sp³-hybridized carbons (Fsp3) is 0.136. The minimum absolute atomic E-state index is 0.181. The number of aryl methyl sites for hydroxylation is 1.